The highest BCUT2D eigenvalue weighted by molar-refractivity contribution is 5.90. The number of ether oxygens (including phenoxy) is 1. The molecule has 17 heavy (non-hydrogen) atoms. The SMILES string of the molecule is CCOC(=O)c1nn(C(C)C)c(N)c1C(C)C. The highest BCUT2D eigenvalue weighted by Gasteiger charge is 2.25. The quantitative estimate of drug-likeness (QED) is 0.819. The third-order valence-corrected chi connectivity index (χ3v) is 2.52. The minimum absolute atomic E-state index is 0.121. The summed E-state index contributed by atoms with van der Waals surface area (Å²) in [5, 5.41) is 4.27. The average Bonchev–Trinajstić information content (AvgIpc) is 2.56. The van der Waals surface area contributed by atoms with Crippen molar-refractivity contribution in [2.24, 2.45) is 0 Å². The van der Waals surface area contributed by atoms with Gasteiger partial charge in [0.15, 0.2) is 5.69 Å². The molecule has 0 spiro atoms. The van der Waals surface area contributed by atoms with Crippen LogP contribution < -0.4 is 5.73 Å². The van der Waals surface area contributed by atoms with Crippen LogP contribution in [-0.4, -0.2) is 22.4 Å². The van der Waals surface area contributed by atoms with Crippen LogP contribution in [0.5, 0.6) is 0 Å². The minimum atomic E-state index is -0.401. The molecule has 0 aliphatic heterocycles. The number of carbonyl (C=O) groups is 1. The number of anilines is 1. The number of hydrogen-bond acceptors (Lipinski definition) is 4. The highest BCUT2D eigenvalue weighted by Crippen LogP contribution is 2.28. The van der Waals surface area contributed by atoms with E-state index in [2.05, 4.69) is 5.10 Å². The van der Waals surface area contributed by atoms with E-state index < -0.39 is 5.97 Å². The number of nitrogens with two attached hydrogens (primary N) is 1. The summed E-state index contributed by atoms with van der Waals surface area (Å²) in [6.45, 7) is 10.0. The predicted molar refractivity (Wildman–Crippen MR) is 67.1 cm³/mol. The molecule has 0 radical (unpaired) electrons. The van der Waals surface area contributed by atoms with Crippen LogP contribution in [0.15, 0.2) is 0 Å². The van der Waals surface area contributed by atoms with E-state index in [9.17, 15) is 4.79 Å². The van der Waals surface area contributed by atoms with Gasteiger partial charge in [-0.1, -0.05) is 13.8 Å². The van der Waals surface area contributed by atoms with E-state index in [0.717, 1.165) is 5.56 Å². The van der Waals surface area contributed by atoms with Gasteiger partial charge in [-0.3, -0.25) is 0 Å². The maximum atomic E-state index is 11.8. The molecule has 2 N–H and O–H groups in total. The van der Waals surface area contributed by atoms with E-state index >= 15 is 0 Å². The fourth-order valence-corrected chi connectivity index (χ4v) is 1.77. The van der Waals surface area contributed by atoms with Crippen LogP contribution in [-0.2, 0) is 4.74 Å². The molecule has 1 aromatic heterocycles. The van der Waals surface area contributed by atoms with Crippen LogP contribution in [0.25, 0.3) is 0 Å². The molecule has 0 fully saturated rings. The van der Waals surface area contributed by atoms with Crippen LogP contribution >= 0.6 is 0 Å². The van der Waals surface area contributed by atoms with Crippen LogP contribution in [0, 0.1) is 0 Å². The second-order valence-corrected chi connectivity index (χ2v) is 4.56. The van der Waals surface area contributed by atoms with Crippen LogP contribution in [0.4, 0.5) is 5.82 Å². The Morgan fingerprint density at radius 3 is 2.41 bits per heavy atom. The molecule has 1 aromatic rings. The van der Waals surface area contributed by atoms with Crippen LogP contribution in [0.2, 0.25) is 0 Å². The summed E-state index contributed by atoms with van der Waals surface area (Å²) in [4.78, 5) is 11.8. The number of aromatic nitrogens is 2. The molecule has 1 rings (SSSR count). The van der Waals surface area contributed by atoms with E-state index in [4.69, 9.17) is 10.5 Å². The second-order valence-electron chi connectivity index (χ2n) is 4.56. The van der Waals surface area contributed by atoms with Gasteiger partial charge in [-0.05, 0) is 26.7 Å². The van der Waals surface area contributed by atoms with Crippen molar-refractivity contribution in [3.05, 3.63) is 11.3 Å². The van der Waals surface area contributed by atoms with Gasteiger partial charge in [0.05, 0.1) is 6.61 Å². The second kappa shape index (κ2) is 5.21. The molecule has 0 aliphatic carbocycles. The van der Waals surface area contributed by atoms with Crippen molar-refractivity contribution in [1.82, 2.24) is 9.78 Å². The Balaban J connectivity index is 3.28. The molecular formula is C12H21N3O2. The Hall–Kier alpha value is -1.52. The minimum Gasteiger partial charge on any atom is -0.461 e. The molecule has 0 amide bonds. The molecule has 5 heteroatoms. The molecule has 0 aromatic carbocycles. The summed E-state index contributed by atoms with van der Waals surface area (Å²) >= 11 is 0. The van der Waals surface area contributed by atoms with Crippen molar-refractivity contribution in [2.45, 2.75) is 46.6 Å². The van der Waals surface area contributed by atoms with E-state index in [1.807, 2.05) is 27.7 Å². The number of hydrogen-bond donors (Lipinski definition) is 1. The van der Waals surface area contributed by atoms with Gasteiger partial charge in [0.25, 0.3) is 0 Å². The van der Waals surface area contributed by atoms with Crippen molar-refractivity contribution < 1.29 is 9.53 Å². The van der Waals surface area contributed by atoms with Crippen molar-refractivity contribution >= 4 is 11.8 Å². The van der Waals surface area contributed by atoms with Crippen molar-refractivity contribution in [3.8, 4) is 0 Å². The zero-order valence-corrected chi connectivity index (χ0v) is 11.2. The van der Waals surface area contributed by atoms with Gasteiger partial charge >= 0.3 is 5.97 Å². The summed E-state index contributed by atoms with van der Waals surface area (Å²) in [5.41, 5.74) is 7.15. The van der Waals surface area contributed by atoms with Crippen LogP contribution in [0.1, 0.15) is 62.6 Å². The summed E-state index contributed by atoms with van der Waals surface area (Å²) in [5.74, 6) is 0.294. The predicted octanol–water partition coefficient (Wildman–Crippen LogP) is 2.35. The van der Waals surface area contributed by atoms with Gasteiger partial charge in [0.1, 0.15) is 5.82 Å². The average molecular weight is 239 g/mol. The Morgan fingerprint density at radius 2 is 2.00 bits per heavy atom. The van der Waals surface area contributed by atoms with E-state index in [0.29, 0.717) is 18.1 Å². The molecule has 5 nitrogen and oxygen atoms in total. The van der Waals surface area contributed by atoms with Crippen LogP contribution in [0.3, 0.4) is 0 Å². The first-order chi connectivity index (χ1) is 7.90. The highest BCUT2D eigenvalue weighted by atomic mass is 16.5. The Bertz CT molecular complexity index is 408. The van der Waals surface area contributed by atoms with Gasteiger partial charge in [0.2, 0.25) is 0 Å². The first kappa shape index (κ1) is 13.5. The lowest BCUT2D eigenvalue weighted by Crippen LogP contribution is -2.10. The van der Waals surface area contributed by atoms with Gasteiger partial charge in [-0.2, -0.15) is 5.10 Å². The molecule has 0 atom stereocenters. The topological polar surface area (TPSA) is 70.1 Å². The summed E-state index contributed by atoms with van der Waals surface area (Å²) in [6, 6.07) is 0.121. The number of esters is 1. The lowest BCUT2D eigenvalue weighted by molar-refractivity contribution is 0.0516. The van der Waals surface area contributed by atoms with Gasteiger partial charge in [-0.15, -0.1) is 0 Å². The lowest BCUT2D eigenvalue weighted by Gasteiger charge is -2.09. The molecule has 0 bridgehead atoms. The fraction of sp³-hybridized carbons (Fsp3) is 0.667. The Kier molecular flexibility index (Phi) is 4.15. The van der Waals surface area contributed by atoms with Gasteiger partial charge in [0, 0.05) is 11.6 Å². The largest absolute Gasteiger partial charge is 0.461 e. The molecule has 0 saturated heterocycles. The number of carbonyl (C=O) groups excluding carboxylic acids is 1. The zero-order valence-electron chi connectivity index (χ0n) is 11.2. The third kappa shape index (κ3) is 2.60. The molecule has 0 unspecified atom stereocenters. The Morgan fingerprint density at radius 1 is 1.41 bits per heavy atom. The monoisotopic (exact) mass is 239 g/mol. The maximum Gasteiger partial charge on any atom is 0.359 e. The molecular weight excluding hydrogens is 218 g/mol. The van der Waals surface area contributed by atoms with E-state index in [1.54, 1.807) is 11.6 Å². The Labute approximate surface area is 102 Å². The van der Waals surface area contributed by atoms with Crippen molar-refractivity contribution in [1.29, 1.82) is 0 Å². The van der Waals surface area contributed by atoms with Crippen molar-refractivity contribution in [2.75, 3.05) is 12.3 Å². The fourth-order valence-electron chi connectivity index (χ4n) is 1.77. The van der Waals surface area contributed by atoms with Gasteiger partial charge in [-0.25, -0.2) is 9.48 Å². The zero-order chi connectivity index (χ0) is 13.2. The van der Waals surface area contributed by atoms with E-state index in [1.165, 1.54) is 0 Å². The van der Waals surface area contributed by atoms with E-state index in [-0.39, 0.29) is 12.0 Å². The maximum absolute atomic E-state index is 11.8. The molecule has 96 valence electrons. The summed E-state index contributed by atoms with van der Waals surface area (Å²) < 4.78 is 6.66. The molecule has 0 aliphatic rings. The van der Waals surface area contributed by atoms with Gasteiger partial charge < -0.3 is 10.5 Å². The first-order valence-electron chi connectivity index (χ1n) is 5.95. The smallest absolute Gasteiger partial charge is 0.359 e. The first-order valence-corrected chi connectivity index (χ1v) is 5.95. The summed E-state index contributed by atoms with van der Waals surface area (Å²) in [6.07, 6.45) is 0. The number of nitrogens with zero attached hydrogens (tertiary/aromatic N) is 2. The molecule has 1 heterocycles. The summed E-state index contributed by atoms with van der Waals surface area (Å²) in [7, 11) is 0. The number of rotatable bonds is 4. The molecule has 0 saturated carbocycles. The lowest BCUT2D eigenvalue weighted by atomic mass is 10.0. The standard InChI is InChI=1S/C12H21N3O2/c1-6-17-12(16)10-9(7(2)3)11(13)15(14-10)8(4)5/h7-8H,6,13H2,1-5H3. The normalized spacial score (nSPS) is 11.2. The number of nitrogen functional groups attached to an aromatic ring is 1. The van der Waals surface area contributed by atoms with Crippen molar-refractivity contribution in [3.63, 3.8) is 0 Å². The third-order valence-electron chi connectivity index (χ3n) is 2.52.